The Labute approximate surface area is 153 Å². The van der Waals surface area contributed by atoms with Crippen LogP contribution in [-0.2, 0) is 6.54 Å². The molecule has 1 N–H and O–H groups in total. The van der Waals surface area contributed by atoms with Crippen molar-refractivity contribution in [3.8, 4) is 0 Å². The second kappa shape index (κ2) is 7.78. The Bertz CT molecular complexity index is 909. The Balaban J connectivity index is 1.76. The molecule has 1 aromatic heterocycles. The van der Waals surface area contributed by atoms with Gasteiger partial charge in [0.2, 0.25) is 5.95 Å². The van der Waals surface area contributed by atoms with E-state index in [9.17, 15) is 4.79 Å². The van der Waals surface area contributed by atoms with E-state index in [1.54, 1.807) is 24.2 Å². The molecule has 0 atom stereocenters. The SMILES string of the molecule is Cc1cccc(Nc2nccc(C(=O)N(C)Cc3ccccc3)n2)c1C. The summed E-state index contributed by atoms with van der Waals surface area (Å²) >= 11 is 0. The van der Waals surface area contributed by atoms with Gasteiger partial charge in [-0.05, 0) is 42.7 Å². The second-order valence-corrected chi connectivity index (χ2v) is 6.28. The lowest BCUT2D eigenvalue weighted by Gasteiger charge is -2.17. The van der Waals surface area contributed by atoms with E-state index in [0.717, 1.165) is 16.8 Å². The van der Waals surface area contributed by atoms with Crippen LogP contribution in [0.1, 0.15) is 27.2 Å². The van der Waals surface area contributed by atoms with Crippen molar-refractivity contribution in [2.24, 2.45) is 0 Å². The topological polar surface area (TPSA) is 58.1 Å². The second-order valence-electron chi connectivity index (χ2n) is 6.28. The van der Waals surface area contributed by atoms with E-state index in [0.29, 0.717) is 18.2 Å². The number of benzene rings is 2. The summed E-state index contributed by atoms with van der Waals surface area (Å²) in [6.45, 7) is 4.63. The van der Waals surface area contributed by atoms with Gasteiger partial charge in [-0.1, -0.05) is 42.5 Å². The molecule has 2 aromatic carbocycles. The number of carbonyl (C=O) groups excluding carboxylic acids is 1. The van der Waals surface area contributed by atoms with Gasteiger partial charge in [0, 0.05) is 25.5 Å². The zero-order valence-electron chi connectivity index (χ0n) is 15.2. The van der Waals surface area contributed by atoms with Gasteiger partial charge < -0.3 is 10.2 Å². The van der Waals surface area contributed by atoms with Crippen LogP contribution in [0, 0.1) is 13.8 Å². The number of aromatic nitrogens is 2. The van der Waals surface area contributed by atoms with Crippen molar-refractivity contribution in [3.63, 3.8) is 0 Å². The molecule has 0 fully saturated rings. The van der Waals surface area contributed by atoms with Crippen LogP contribution in [0.15, 0.2) is 60.8 Å². The molecule has 132 valence electrons. The number of hydrogen-bond acceptors (Lipinski definition) is 4. The fourth-order valence-electron chi connectivity index (χ4n) is 2.67. The molecule has 3 rings (SSSR count). The number of nitrogens with one attached hydrogen (secondary N) is 1. The monoisotopic (exact) mass is 346 g/mol. The highest BCUT2D eigenvalue weighted by Gasteiger charge is 2.15. The molecule has 0 bridgehead atoms. The van der Waals surface area contributed by atoms with Crippen molar-refractivity contribution < 1.29 is 4.79 Å². The molecule has 0 spiro atoms. The molecule has 5 nitrogen and oxygen atoms in total. The molecule has 0 radical (unpaired) electrons. The quantitative estimate of drug-likeness (QED) is 0.755. The lowest BCUT2D eigenvalue weighted by atomic mass is 10.1. The molecule has 3 aromatic rings. The van der Waals surface area contributed by atoms with Gasteiger partial charge in [-0.3, -0.25) is 4.79 Å². The van der Waals surface area contributed by atoms with Crippen molar-refractivity contribution in [1.82, 2.24) is 14.9 Å². The normalized spacial score (nSPS) is 10.4. The number of carbonyl (C=O) groups is 1. The smallest absolute Gasteiger partial charge is 0.272 e. The van der Waals surface area contributed by atoms with Gasteiger partial charge in [0.15, 0.2) is 0 Å². The number of rotatable bonds is 5. The number of hydrogen-bond donors (Lipinski definition) is 1. The van der Waals surface area contributed by atoms with Gasteiger partial charge in [0.25, 0.3) is 5.91 Å². The van der Waals surface area contributed by atoms with Crippen LogP contribution in [-0.4, -0.2) is 27.8 Å². The lowest BCUT2D eigenvalue weighted by Crippen LogP contribution is -2.27. The Morgan fingerprint density at radius 3 is 2.58 bits per heavy atom. The Morgan fingerprint density at radius 2 is 1.81 bits per heavy atom. The third-order valence-electron chi connectivity index (χ3n) is 4.34. The minimum absolute atomic E-state index is 0.139. The molecular weight excluding hydrogens is 324 g/mol. The average Bonchev–Trinajstić information content (AvgIpc) is 2.66. The maximum atomic E-state index is 12.7. The molecule has 1 heterocycles. The Kier molecular flexibility index (Phi) is 5.27. The van der Waals surface area contributed by atoms with E-state index in [1.807, 2.05) is 49.4 Å². The first-order chi connectivity index (χ1) is 12.5. The Morgan fingerprint density at radius 1 is 1.04 bits per heavy atom. The maximum absolute atomic E-state index is 12.7. The summed E-state index contributed by atoms with van der Waals surface area (Å²) in [7, 11) is 1.77. The van der Waals surface area contributed by atoms with Gasteiger partial charge in [-0.25, -0.2) is 9.97 Å². The number of anilines is 2. The van der Waals surface area contributed by atoms with E-state index >= 15 is 0 Å². The highest BCUT2D eigenvalue weighted by molar-refractivity contribution is 5.92. The van der Waals surface area contributed by atoms with Crippen molar-refractivity contribution in [2.45, 2.75) is 20.4 Å². The van der Waals surface area contributed by atoms with E-state index in [2.05, 4.69) is 28.3 Å². The lowest BCUT2D eigenvalue weighted by molar-refractivity contribution is 0.0779. The minimum Gasteiger partial charge on any atom is -0.336 e. The molecule has 0 aliphatic carbocycles. The van der Waals surface area contributed by atoms with Crippen molar-refractivity contribution in [2.75, 3.05) is 12.4 Å². The van der Waals surface area contributed by atoms with E-state index in [-0.39, 0.29) is 5.91 Å². The van der Waals surface area contributed by atoms with Crippen LogP contribution in [0.3, 0.4) is 0 Å². The summed E-state index contributed by atoms with van der Waals surface area (Å²) < 4.78 is 0. The van der Waals surface area contributed by atoms with Crippen LogP contribution in [0.4, 0.5) is 11.6 Å². The number of amides is 1. The van der Waals surface area contributed by atoms with Crippen LogP contribution < -0.4 is 5.32 Å². The predicted molar refractivity (Wildman–Crippen MR) is 103 cm³/mol. The first-order valence-electron chi connectivity index (χ1n) is 8.50. The summed E-state index contributed by atoms with van der Waals surface area (Å²) in [4.78, 5) is 23.0. The van der Waals surface area contributed by atoms with Crippen LogP contribution >= 0.6 is 0 Å². The fourth-order valence-corrected chi connectivity index (χ4v) is 2.67. The van der Waals surface area contributed by atoms with E-state index in [1.165, 1.54) is 5.56 Å². The molecule has 26 heavy (non-hydrogen) atoms. The fraction of sp³-hybridized carbons (Fsp3) is 0.190. The molecule has 0 saturated heterocycles. The Hall–Kier alpha value is -3.21. The van der Waals surface area contributed by atoms with Gasteiger partial charge >= 0.3 is 0 Å². The summed E-state index contributed by atoms with van der Waals surface area (Å²) in [5.74, 6) is 0.276. The zero-order chi connectivity index (χ0) is 18.5. The van der Waals surface area contributed by atoms with Gasteiger partial charge in [0.1, 0.15) is 5.69 Å². The summed E-state index contributed by atoms with van der Waals surface area (Å²) in [5, 5.41) is 3.20. The molecule has 5 heteroatoms. The highest BCUT2D eigenvalue weighted by atomic mass is 16.2. The summed E-state index contributed by atoms with van der Waals surface area (Å²) in [5.41, 5.74) is 4.70. The third kappa shape index (κ3) is 4.06. The van der Waals surface area contributed by atoms with Crippen molar-refractivity contribution in [3.05, 3.63) is 83.2 Å². The van der Waals surface area contributed by atoms with E-state index in [4.69, 9.17) is 0 Å². The first kappa shape index (κ1) is 17.6. The van der Waals surface area contributed by atoms with E-state index < -0.39 is 0 Å². The molecule has 1 amide bonds. The summed E-state index contributed by atoms with van der Waals surface area (Å²) in [6.07, 6.45) is 1.60. The number of aryl methyl sites for hydroxylation is 1. The van der Waals surface area contributed by atoms with Crippen LogP contribution in [0.25, 0.3) is 0 Å². The van der Waals surface area contributed by atoms with Crippen molar-refractivity contribution >= 4 is 17.5 Å². The minimum atomic E-state index is -0.139. The number of nitrogens with zero attached hydrogens (tertiary/aromatic N) is 3. The van der Waals surface area contributed by atoms with Crippen LogP contribution in [0.5, 0.6) is 0 Å². The third-order valence-corrected chi connectivity index (χ3v) is 4.34. The van der Waals surface area contributed by atoms with Gasteiger partial charge in [0.05, 0.1) is 0 Å². The highest BCUT2D eigenvalue weighted by Crippen LogP contribution is 2.21. The molecule has 0 aliphatic rings. The molecule has 0 unspecified atom stereocenters. The average molecular weight is 346 g/mol. The zero-order valence-corrected chi connectivity index (χ0v) is 15.2. The molecule has 0 saturated carbocycles. The predicted octanol–water partition coefficient (Wildman–Crippen LogP) is 4.11. The van der Waals surface area contributed by atoms with Gasteiger partial charge in [-0.2, -0.15) is 0 Å². The maximum Gasteiger partial charge on any atom is 0.272 e. The van der Waals surface area contributed by atoms with Gasteiger partial charge in [-0.15, -0.1) is 0 Å². The molecular formula is C21H22N4O. The summed E-state index contributed by atoms with van der Waals surface area (Å²) in [6, 6.07) is 17.5. The van der Waals surface area contributed by atoms with Crippen LogP contribution in [0.2, 0.25) is 0 Å². The van der Waals surface area contributed by atoms with Crippen molar-refractivity contribution in [1.29, 1.82) is 0 Å². The standard InChI is InChI=1S/C21H22N4O/c1-15-8-7-11-18(16(15)2)23-21-22-13-12-19(24-21)20(26)25(3)14-17-9-5-4-6-10-17/h4-13H,14H2,1-3H3,(H,22,23,24). The first-order valence-corrected chi connectivity index (χ1v) is 8.50. The largest absolute Gasteiger partial charge is 0.336 e. The molecule has 0 aliphatic heterocycles.